The van der Waals surface area contributed by atoms with Crippen LogP contribution in [-0.4, -0.2) is 66.1 Å². The van der Waals surface area contributed by atoms with Crippen molar-refractivity contribution in [2.75, 3.05) is 46.3 Å². The van der Waals surface area contributed by atoms with Gasteiger partial charge in [-0.3, -0.25) is 4.90 Å². The highest BCUT2D eigenvalue weighted by Crippen LogP contribution is 2.25. The number of aromatic nitrogens is 2. The average molecular weight is 316 g/mol. The van der Waals surface area contributed by atoms with Crippen LogP contribution in [0.2, 0.25) is 0 Å². The van der Waals surface area contributed by atoms with E-state index in [1.54, 1.807) is 6.33 Å². The van der Waals surface area contributed by atoms with Crippen LogP contribution in [0.1, 0.15) is 18.7 Å². The SMILES string of the molecule is CCN1CCN(C(CNC)c2[nH]cnc2Br)CC1. The maximum absolute atomic E-state index is 4.24. The molecule has 0 aromatic carbocycles. The number of nitrogens with zero attached hydrogens (tertiary/aromatic N) is 3. The Balaban J connectivity index is 2.05. The van der Waals surface area contributed by atoms with E-state index in [4.69, 9.17) is 0 Å². The Morgan fingerprint density at radius 3 is 2.67 bits per heavy atom. The molecule has 6 heteroatoms. The van der Waals surface area contributed by atoms with E-state index >= 15 is 0 Å². The molecule has 1 aliphatic heterocycles. The largest absolute Gasteiger partial charge is 0.346 e. The lowest BCUT2D eigenvalue weighted by Crippen LogP contribution is -2.49. The van der Waals surface area contributed by atoms with Crippen LogP contribution < -0.4 is 5.32 Å². The second-order valence-electron chi connectivity index (χ2n) is 4.65. The lowest BCUT2D eigenvalue weighted by Gasteiger charge is -2.38. The fourth-order valence-electron chi connectivity index (χ4n) is 2.52. The molecule has 0 spiro atoms. The standard InChI is InChI=1S/C12H22BrN5/c1-3-17-4-6-18(7-5-17)10(8-14-2)11-12(13)16-9-15-11/h9-10,14H,3-8H2,1-2H3,(H,15,16). The predicted molar refractivity (Wildman–Crippen MR) is 76.6 cm³/mol. The van der Waals surface area contributed by atoms with Crippen molar-refractivity contribution in [1.82, 2.24) is 25.1 Å². The molecule has 0 amide bonds. The zero-order chi connectivity index (χ0) is 13.0. The molecule has 1 unspecified atom stereocenters. The molecule has 1 fully saturated rings. The summed E-state index contributed by atoms with van der Waals surface area (Å²) in [6, 6.07) is 0.367. The second kappa shape index (κ2) is 6.65. The van der Waals surface area contributed by atoms with Crippen LogP contribution in [0.25, 0.3) is 0 Å². The Bertz CT molecular complexity index is 359. The Labute approximate surface area is 117 Å². The zero-order valence-corrected chi connectivity index (χ0v) is 12.7. The third-order valence-electron chi connectivity index (χ3n) is 3.65. The maximum Gasteiger partial charge on any atom is 0.128 e. The van der Waals surface area contributed by atoms with E-state index in [9.17, 15) is 0 Å². The molecule has 18 heavy (non-hydrogen) atoms. The molecule has 102 valence electrons. The van der Waals surface area contributed by atoms with E-state index in [0.717, 1.165) is 43.9 Å². The first-order valence-corrected chi connectivity index (χ1v) is 7.35. The summed E-state index contributed by atoms with van der Waals surface area (Å²) in [6.45, 7) is 8.86. The van der Waals surface area contributed by atoms with Gasteiger partial charge in [0.25, 0.3) is 0 Å². The van der Waals surface area contributed by atoms with Crippen molar-refractivity contribution in [3.05, 3.63) is 16.6 Å². The zero-order valence-electron chi connectivity index (χ0n) is 11.1. The molecule has 1 saturated heterocycles. The molecular weight excluding hydrogens is 294 g/mol. The molecule has 0 saturated carbocycles. The van der Waals surface area contributed by atoms with E-state index in [0.29, 0.717) is 6.04 Å². The first-order valence-electron chi connectivity index (χ1n) is 6.56. The van der Waals surface area contributed by atoms with Gasteiger partial charge in [-0.05, 0) is 29.5 Å². The van der Waals surface area contributed by atoms with Crippen molar-refractivity contribution in [1.29, 1.82) is 0 Å². The van der Waals surface area contributed by atoms with Gasteiger partial charge in [-0.2, -0.15) is 0 Å². The fourth-order valence-corrected chi connectivity index (χ4v) is 3.00. The van der Waals surface area contributed by atoms with Crippen molar-refractivity contribution in [3.8, 4) is 0 Å². The summed E-state index contributed by atoms with van der Waals surface area (Å²) in [5.74, 6) is 0. The number of halogens is 1. The number of imidazole rings is 1. The Kier molecular flexibility index (Phi) is 5.17. The summed E-state index contributed by atoms with van der Waals surface area (Å²) >= 11 is 3.52. The molecule has 5 nitrogen and oxygen atoms in total. The van der Waals surface area contributed by atoms with Gasteiger partial charge in [-0.15, -0.1) is 0 Å². The topological polar surface area (TPSA) is 47.2 Å². The Morgan fingerprint density at radius 2 is 2.17 bits per heavy atom. The van der Waals surface area contributed by atoms with Crippen molar-refractivity contribution in [2.24, 2.45) is 0 Å². The molecule has 0 bridgehead atoms. The highest BCUT2D eigenvalue weighted by Gasteiger charge is 2.26. The lowest BCUT2D eigenvalue weighted by atomic mass is 10.1. The van der Waals surface area contributed by atoms with Gasteiger partial charge in [0, 0.05) is 32.7 Å². The minimum absolute atomic E-state index is 0.367. The van der Waals surface area contributed by atoms with Gasteiger partial charge >= 0.3 is 0 Å². The minimum atomic E-state index is 0.367. The summed E-state index contributed by atoms with van der Waals surface area (Å²) in [4.78, 5) is 12.5. The summed E-state index contributed by atoms with van der Waals surface area (Å²) in [5.41, 5.74) is 1.18. The molecule has 0 aliphatic carbocycles. The number of rotatable bonds is 5. The summed E-state index contributed by atoms with van der Waals surface area (Å²) in [5, 5.41) is 3.28. The Morgan fingerprint density at radius 1 is 1.44 bits per heavy atom. The van der Waals surface area contributed by atoms with Gasteiger partial charge in [-0.25, -0.2) is 4.98 Å². The number of hydrogen-bond donors (Lipinski definition) is 2. The van der Waals surface area contributed by atoms with Crippen molar-refractivity contribution in [2.45, 2.75) is 13.0 Å². The molecule has 1 aromatic rings. The third-order valence-corrected chi connectivity index (χ3v) is 4.28. The number of aromatic amines is 1. The first-order chi connectivity index (χ1) is 8.76. The smallest absolute Gasteiger partial charge is 0.128 e. The van der Waals surface area contributed by atoms with Crippen LogP contribution in [0.5, 0.6) is 0 Å². The van der Waals surface area contributed by atoms with E-state index < -0.39 is 0 Å². The quantitative estimate of drug-likeness (QED) is 0.853. The highest BCUT2D eigenvalue weighted by molar-refractivity contribution is 9.10. The summed E-state index contributed by atoms with van der Waals surface area (Å²) in [6.07, 6.45) is 1.75. The van der Waals surface area contributed by atoms with Crippen molar-refractivity contribution < 1.29 is 0 Å². The van der Waals surface area contributed by atoms with Crippen LogP contribution in [-0.2, 0) is 0 Å². The van der Waals surface area contributed by atoms with Crippen LogP contribution >= 0.6 is 15.9 Å². The second-order valence-corrected chi connectivity index (χ2v) is 5.40. The van der Waals surface area contributed by atoms with E-state index in [-0.39, 0.29) is 0 Å². The molecule has 0 radical (unpaired) electrons. The third kappa shape index (κ3) is 3.12. The average Bonchev–Trinajstić information content (AvgIpc) is 2.82. The monoisotopic (exact) mass is 315 g/mol. The normalized spacial score (nSPS) is 20.2. The summed E-state index contributed by atoms with van der Waals surface area (Å²) in [7, 11) is 2.00. The van der Waals surface area contributed by atoms with Crippen LogP contribution in [0.4, 0.5) is 0 Å². The minimum Gasteiger partial charge on any atom is -0.346 e. The number of piperazine rings is 1. The van der Waals surface area contributed by atoms with E-state index in [1.807, 2.05) is 7.05 Å². The molecular formula is C12H22BrN5. The molecule has 2 rings (SSSR count). The van der Waals surface area contributed by atoms with Crippen molar-refractivity contribution in [3.63, 3.8) is 0 Å². The highest BCUT2D eigenvalue weighted by atomic mass is 79.9. The number of likely N-dealkylation sites (N-methyl/N-ethyl adjacent to an activating group) is 2. The molecule has 2 heterocycles. The number of nitrogens with one attached hydrogen (secondary N) is 2. The van der Waals surface area contributed by atoms with Gasteiger partial charge in [-0.1, -0.05) is 6.92 Å². The molecule has 1 aliphatic rings. The van der Waals surface area contributed by atoms with E-state index in [1.165, 1.54) is 5.69 Å². The first kappa shape index (κ1) is 14.0. The maximum atomic E-state index is 4.24. The van der Waals surface area contributed by atoms with E-state index in [2.05, 4.69) is 47.9 Å². The predicted octanol–water partition coefficient (Wildman–Crippen LogP) is 1.07. The van der Waals surface area contributed by atoms with Crippen LogP contribution in [0.15, 0.2) is 10.9 Å². The number of H-pyrrole nitrogens is 1. The molecule has 2 N–H and O–H groups in total. The molecule has 1 aromatic heterocycles. The molecule has 1 atom stereocenters. The van der Waals surface area contributed by atoms with Gasteiger partial charge in [0.2, 0.25) is 0 Å². The van der Waals surface area contributed by atoms with Crippen LogP contribution in [0.3, 0.4) is 0 Å². The van der Waals surface area contributed by atoms with Gasteiger partial charge in [0.05, 0.1) is 18.1 Å². The van der Waals surface area contributed by atoms with Gasteiger partial charge in [0.15, 0.2) is 0 Å². The lowest BCUT2D eigenvalue weighted by molar-refractivity contribution is 0.0973. The van der Waals surface area contributed by atoms with Gasteiger partial charge < -0.3 is 15.2 Å². The summed E-state index contributed by atoms with van der Waals surface area (Å²) < 4.78 is 0.931. The van der Waals surface area contributed by atoms with Crippen molar-refractivity contribution >= 4 is 15.9 Å². The van der Waals surface area contributed by atoms with Crippen LogP contribution in [0, 0.1) is 0 Å². The fraction of sp³-hybridized carbons (Fsp3) is 0.750. The Hall–Kier alpha value is -0.430. The number of hydrogen-bond acceptors (Lipinski definition) is 4. The van der Waals surface area contributed by atoms with Gasteiger partial charge in [0.1, 0.15) is 4.60 Å².